The van der Waals surface area contributed by atoms with Crippen LogP contribution in [0.4, 0.5) is 0 Å². The maximum Gasteiger partial charge on any atom is -0.0380 e. The highest BCUT2D eigenvalue weighted by Crippen LogP contribution is 2.49. The Labute approximate surface area is 83.1 Å². The van der Waals surface area contributed by atoms with Gasteiger partial charge in [-0.1, -0.05) is 27.2 Å². The lowest BCUT2D eigenvalue weighted by Gasteiger charge is -2.19. The van der Waals surface area contributed by atoms with Gasteiger partial charge in [0.05, 0.1) is 0 Å². The summed E-state index contributed by atoms with van der Waals surface area (Å²) in [6.45, 7) is 7.30. The highest BCUT2D eigenvalue weighted by molar-refractivity contribution is 4.89. The Kier molecular flexibility index (Phi) is 2.67. The Bertz CT molecular complexity index is 169. The van der Waals surface area contributed by atoms with Gasteiger partial charge in [0.2, 0.25) is 0 Å². The lowest BCUT2D eigenvalue weighted by Crippen LogP contribution is -2.11. The van der Waals surface area contributed by atoms with Crippen molar-refractivity contribution in [3.8, 4) is 0 Å². The summed E-state index contributed by atoms with van der Waals surface area (Å²) in [5.74, 6) is 5.33. The summed E-state index contributed by atoms with van der Waals surface area (Å²) in [7, 11) is 0. The minimum absolute atomic E-state index is 0.994. The summed E-state index contributed by atoms with van der Waals surface area (Å²) in [6, 6.07) is 0. The Morgan fingerprint density at radius 2 is 1.85 bits per heavy atom. The van der Waals surface area contributed by atoms with Crippen LogP contribution >= 0.6 is 0 Å². The monoisotopic (exact) mass is 180 g/mol. The predicted octanol–water partition coefficient (Wildman–Crippen LogP) is 4.10. The van der Waals surface area contributed by atoms with Gasteiger partial charge in [0.25, 0.3) is 0 Å². The molecule has 4 atom stereocenters. The number of hydrogen-bond acceptors (Lipinski definition) is 0. The summed E-state index contributed by atoms with van der Waals surface area (Å²) in [5.41, 5.74) is 0. The second kappa shape index (κ2) is 3.63. The van der Waals surface area contributed by atoms with Crippen molar-refractivity contribution in [2.24, 2.45) is 29.6 Å². The molecule has 0 heteroatoms. The van der Waals surface area contributed by atoms with Gasteiger partial charge in [-0.2, -0.15) is 0 Å². The lowest BCUT2D eigenvalue weighted by atomic mass is 9.87. The maximum absolute atomic E-state index is 2.48. The summed E-state index contributed by atoms with van der Waals surface area (Å²) < 4.78 is 0. The third-order valence-electron chi connectivity index (χ3n) is 4.53. The Morgan fingerprint density at radius 1 is 1.15 bits per heavy atom. The van der Waals surface area contributed by atoms with E-state index in [2.05, 4.69) is 20.8 Å². The standard InChI is InChI=1S/C13H24/c1-4-11-8-13(11)7-9(2)10(3)12-5-6-12/h9-13H,4-8H2,1-3H3. The Balaban J connectivity index is 1.69. The molecule has 2 aliphatic carbocycles. The number of hydrogen-bond donors (Lipinski definition) is 0. The predicted molar refractivity (Wildman–Crippen MR) is 57.6 cm³/mol. The van der Waals surface area contributed by atoms with Crippen LogP contribution in [0.3, 0.4) is 0 Å². The molecule has 0 spiro atoms. The molecule has 0 aromatic carbocycles. The smallest absolute Gasteiger partial charge is 0.0380 e. The van der Waals surface area contributed by atoms with E-state index in [1.807, 2.05) is 0 Å². The zero-order valence-corrected chi connectivity index (χ0v) is 9.42. The van der Waals surface area contributed by atoms with E-state index in [1.165, 1.54) is 32.1 Å². The molecule has 2 saturated carbocycles. The largest absolute Gasteiger partial charge is 0.0651 e. The molecule has 0 aromatic heterocycles. The molecule has 0 aliphatic heterocycles. The van der Waals surface area contributed by atoms with E-state index in [-0.39, 0.29) is 0 Å². The molecular formula is C13H24. The van der Waals surface area contributed by atoms with E-state index in [0.717, 1.165) is 29.6 Å². The van der Waals surface area contributed by atoms with Crippen LogP contribution in [0.25, 0.3) is 0 Å². The highest BCUT2D eigenvalue weighted by atomic mass is 14.4. The average Bonchev–Trinajstić information content (AvgIpc) is 2.98. The molecule has 0 nitrogen and oxygen atoms in total. The van der Waals surface area contributed by atoms with Gasteiger partial charge in [-0.15, -0.1) is 0 Å². The maximum atomic E-state index is 2.48. The molecule has 0 aromatic rings. The highest BCUT2D eigenvalue weighted by Gasteiger charge is 2.39. The molecule has 2 rings (SSSR count). The van der Waals surface area contributed by atoms with E-state index < -0.39 is 0 Å². The van der Waals surface area contributed by atoms with Gasteiger partial charge in [0, 0.05) is 0 Å². The van der Waals surface area contributed by atoms with Gasteiger partial charge in [-0.3, -0.25) is 0 Å². The van der Waals surface area contributed by atoms with Gasteiger partial charge >= 0.3 is 0 Å². The molecule has 0 bridgehead atoms. The van der Waals surface area contributed by atoms with Gasteiger partial charge < -0.3 is 0 Å². The second-order valence-corrected chi connectivity index (χ2v) is 5.57. The van der Waals surface area contributed by atoms with Crippen molar-refractivity contribution in [1.82, 2.24) is 0 Å². The molecular weight excluding hydrogens is 156 g/mol. The van der Waals surface area contributed by atoms with Crippen LogP contribution in [-0.4, -0.2) is 0 Å². The minimum atomic E-state index is 0.994. The fourth-order valence-electron chi connectivity index (χ4n) is 2.88. The summed E-state index contributed by atoms with van der Waals surface area (Å²) in [4.78, 5) is 0. The fraction of sp³-hybridized carbons (Fsp3) is 1.00. The van der Waals surface area contributed by atoms with E-state index in [1.54, 1.807) is 0 Å². The second-order valence-electron chi connectivity index (χ2n) is 5.57. The topological polar surface area (TPSA) is 0 Å². The molecule has 13 heavy (non-hydrogen) atoms. The lowest BCUT2D eigenvalue weighted by molar-refractivity contribution is 0.308. The van der Waals surface area contributed by atoms with Crippen LogP contribution in [-0.2, 0) is 0 Å². The molecule has 2 fully saturated rings. The molecule has 0 radical (unpaired) electrons. The van der Waals surface area contributed by atoms with Crippen molar-refractivity contribution in [2.45, 2.75) is 52.9 Å². The van der Waals surface area contributed by atoms with Gasteiger partial charge in [-0.05, 0) is 55.3 Å². The SMILES string of the molecule is CCC1CC1CC(C)C(C)C1CC1. The van der Waals surface area contributed by atoms with Crippen LogP contribution in [0.1, 0.15) is 52.9 Å². The zero-order chi connectivity index (χ0) is 9.42. The quantitative estimate of drug-likeness (QED) is 0.597. The number of rotatable bonds is 5. The van der Waals surface area contributed by atoms with Gasteiger partial charge in [0.1, 0.15) is 0 Å². The third-order valence-corrected chi connectivity index (χ3v) is 4.53. The molecule has 0 amide bonds. The van der Waals surface area contributed by atoms with Crippen molar-refractivity contribution in [3.63, 3.8) is 0 Å². The minimum Gasteiger partial charge on any atom is -0.0651 e. The Hall–Kier alpha value is 0. The molecule has 0 N–H and O–H groups in total. The molecule has 0 saturated heterocycles. The average molecular weight is 180 g/mol. The van der Waals surface area contributed by atoms with Crippen LogP contribution in [0.15, 0.2) is 0 Å². The van der Waals surface area contributed by atoms with E-state index >= 15 is 0 Å². The normalized spacial score (nSPS) is 37.2. The first-order chi connectivity index (χ1) is 6.22. The van der Waals surface area contributed by atoms with E-state index in [9.17, 15) is 0 Å². The van der Waals surface area contributed by atoms with Crippen LogP contribution in [0.5, 0.6) is 0 Å². The molecule has 2 aliphatic rings. The van der Waals surface area contributed by atoms with Crippen LogP contribution < -0.4 is 0 Å². The van der Waals surface area contributed by atoms with Crippen molar-refractivity contribution in [3.05, 3.63) is 0 Å². The molecule has 0 heterocycles. The van der Waals surface area contributed by atoms with Crippen molar-refractivity contribution < 1.29 is 0 Å². The van der Waals surface area contributed by atoms with Crippen molar-refractivity contribution in [1.29, 1.82) is 0 Å². The summed E-state index contributed by atoms with van der Waals surface area (Å²) in [5, 5.41) is 0. The zero-order valence-electron chi connectivity index (χ0n) is 9.42. The first-order valence-electron chi connectivity index (χ1n) is 6.22. The fourth-order valence-corrected chi connectivity index (χ4v) is 2.88. The Morgan fingerprint density at radius 3 is 2.31 bits per heavy atom. The van der Waals surface area contributed by atoms with E-state index in [4.69, 9.17) is 0 Å². The van der Waals surface area contributed by atoms with Crippen LogP contribution in [0.2, 0.25) is 0 Å². The van der Waals surface area contributed by atoms with Crippen molar-refractivity contribution in [2.75, 3.05) is 0 Å². The van der Waals surface area contributed by atoms with E-state index in [0.29, 0.717) is 0 Å². The van der Waals surface area contributed by atoms with Gasteiger partial charge in [0.15, 0.2) is 0 Å². The van der Waals surface area contributed by atoms with Crippen molar-refractivity contribution >= 4 is 0 Å². The first-order valence-corrected chi connectivity index (χ1v) is 6.22. The molecule has 76 valence electrons. The van der Waals surface area contributed by atoms with Crippen LogP contribution in [0, 0.1) is 29.6 Å². The molecule has 4 unspecified atom stereocenters. The summed E-state index contributed by atoms with van der Waals surface area (Å²) in [6.07, 6.45) is 7.53. The summed E-state index contributed by atoms with van der Waals surface area (Å²) >= 11 is 0. The first kappa shape index (κ1) is 9.55. The third kappa shape index (κ3) is 2.27. The van der Waals surface area contributed by atoms with Gasteiger partial charge in [-0.25, -0.2) is 0 Å².